The second-order valence-corrected chi connectivity index (χ2v) is 19.7. The molecular formula is C49H65B2NO14. The summed E-state index contributed by atoms with van der Waals surface area (Å²) in [5.41, 5.74) is -6.88. The van der Waals surface area contributed by atoms with Crippen LogP contribution < -0.4 is 5.32 Å². The van der Waals surface area contributed by atoms with E-state index in [0.29, 0.717) is 30.2 Å². The first-order valence-electron chi connectivity index (χ1n) is 23.0. The van der Waals surface area contributed by atoms with E-state index in [4.69, 9.17) is 33.0 Å². The summed E-state index contributed by atoms with van der Waals surface area (Å²) in [6.45, 7) is 16.8. The predicted octanol–water partition coefficient (Wildman–Crippen LogP) is 6.20. The Morgan fingerprint density at radius 2 is 1.53 bits per heavy atom. The van der Waals surface area contributed by atoms with Gasteiger partial charge in [-0.3, -0.25) is 9.59 Å². The Labute approximate surface area is 389 Å². The summed E-state index contributed by atoms with van der Waals surface area (Å²) in [6.07, 6.45) is -7.12. The van der Waals surface area contributed by atoms with E-state index in [0.717, 1.165) is 6.42 Å². The zero-order valence-corrected chi connectivity index (χ0v) is 39.8. The van der Waals surface area contributed by atoms with Crippen LogP contribution in [0.2, 0.25) is 12.6 Å². The van der Waals surface area contributed by atoms with Crippen molar-refractivity contribution in [2.75, 3.05) is 6.61 Å². The Bertz CT molecular complexity index is 2130. The molecule has 1 amide bonds. The van der Waals surface area contributed by atoms with Crippen LogP contribution in [0.5, 0.6) is 0 Å². The van der Waals surface area contributed by atoms with Crippen molar-refractivity contribution in [1.82, 2.24) is 5.32 Å². The number of Topliss-reactive ketones (excluding diaryl/α,β-unsaturated/α-hetero) is 1. The lowest BCUT2D eigenvalue weighted by Gasteiger charge is -2.68. The van der Waals surface area contributed by atoms with Gasteiger partial charge in [-0.2, -0.15) is 0 Å². The van der Waals surface area contributed by atoms with Gasteiger partial charge in [-0.25, -0.2) is 14.4 Å². The molecule has 11 atom stereocenters. The van der Waals surface area contributed by atoms with Gasteiger partial charge in [0.05, 0.1) is 35.6 Å². The van der Waals surface area contributed by atoms with Crippen molar-refractivity contribution in [2.24, 2.45) is 16.7 Å². The minimum atomic E-state index is -2.25. The van der Waals surface area contributed by atoms with E-state index in [-0.39, 0.29) is 24.2 Å². The van der Waals surface area contributed by atoms with E-state index in [1.807, 2.05) is 13.8 Å². The number of carbonyl (C=O) groups excluding carboxylic acids is 5. The lowest BCUT2D eigenvalue weighted by Crippen LogP contribution is -2.82. The molecule has 1 heterocycles. The summed E-state index contributed by atoms with van der Waals surface area (Å²) in [7, 11) is 3.17. The van der Waals surface area contributed by atoms with Crippen molar-refractivity contribution in [2.45, 2.75) is 167 Å². The van der Waals surface area contributed by atoms with Crippen molar-refractivity contribution < 1.29 is 67.2 Å². The largest absolute Gasteiger partial charge is 0.456 e. The highest BCUT2D eigenvalue weighted by atomic mass is 16.6. The second kappa shape index (κ2) is 20.0. The van der Waals surface area contributed by atoms with Gasteiger partial charge in [-0.15, -0.1) is 0 Å². The van der Waals surface area contributed by atoms with Gasteiger partial charge in [0.1, 0.15) is 35.6 Å². The Hall–Kier alpha value is -4.54. The lowest BCUT2D eigenvalue weighted by molar-refractivity contribution is -0.344. The molecule has 3 N–H and O–H groups in total. The molecule has 356 valence electrons. The minimum Gasteiger partial charge on any atom is -0.456 e. The normalized spacial score (nSPS) is 30.9. The number of carbonyl (C=O) groups is 5. The van der Waals surface area contributed by atoms with Crippen LogP contribution in [0.4, 0.5) is 4.79 Å². The zero-order chi connectivity index (χ0) is 48.4. The fourth-order valence-corrected chi connectivity index (χ4v) is 10.4. The average molecular weight is 914 g/mol. The molecule has 1 aliphatic heterocycles. The van der Waals surface area contributed by atoms with Crippen LogP contribution in [0.25, 0.3) is 0 Å². The maximum Gasteiger partial charge on any atom is 0.408 e. The molecule has 1 saturated heterocycles. The highest BCUT2D eigenvalue weighted by molar-refractivity contribution is 6.28. The quantitative estimate of drug-likeness (QED) is 0.0565. The minimum absolute atomic E-state index is 0.106. The standard InChI is InChI=1S/C49H65B2NO14/c1-11-23-50-65-33-25-34-48(27-60-34,63-29(4)53)39-41(62-42(56)31-21-17-14-18-22-31)49(59)26-32(28(3)35(46(49,8)9)38(66-51-24-12-2)40(55)47(33,39)10)61-43(57)37(54)36(30-19-15-13-16-20-30)52-44(58)64-45(5,6)7/h13-22,32-34,36-39,41,54,59H,11-12,23-27H2,1-10H3,(H,52,58)/t32?,33?,34-,36+,37-,38-,39+,41+,47-,48+,49-/m1/s1. The molecule has 3 aliphatic carbocycles. The summed E-state index contributed by atoms with van der Waals surface area (Å²) in [5, 5.41) is 28.5. The molecule has 66 heavy (non-hydrogen) atoms. The third-order valence-corrected chi connectivity index (χ3v) is 13.8. The highest BCUT2D eigenvalue weighted by Crippen LogP contribution is 2.65. The van der Waals surface area contributed by atoms with Gasteiger partial charge in [-0.1, -0.05) is 102 Å². The Morgan fingerprint density at radius 1 is 0.924 bits per heavy atom. The molecule has 2 saturated carbocycles. The number of aliphatic hydroxyl groups is 2. The van der Waals surface area contributed by atoms with Crippen LogP contribution in [-0.2, 0) is 47.4 Å². The van der Waals surface area contributed by atoms with E-state index in [1.54, 1.807) is 117 Å². The number of nitrogens with one attached hydrogen (secondary N) is 1. The van der Waals surface area contributed by atoms with Crippen LogP contribution >= 0.6 is 0 Å². The van der Waals surface area contributed by atoms with Crippen molar-refractivity contribution >= 4 is 44.7 Å². The summed E-state index contributed by atoms with van der Waals surface area (Å²) in [6, 6.07) is 15.1. The molecule has 4 aliphatic rings. The van der Waals surface area contributed by atoms with Crippen molar-refractivity contribution in [3.05, 3.63) is 82.9 Å². The first-order chi connectivity index (χ1) is 31.1. The van der Waals surface area contributed by atoms with Crippen molar-refractivity contribution in [1.29, 1.82) is 0 Å². The summed E-state index contributed by atoms with van der Waals surface area (Å²) < 4.78 is 43.9. The van der Waals surface area contributed by atoms with Gasteiger partial charge in [0.15, 0.2) is 17.5 Å². The van der Waals surface area contributed by atoms with Gasteiger partial charge < -0.3 is 48.5 Å². The van der Waals surface area contributed by atoms with E-state index >= 15 is 4.79 Å². The number of fused-ring (bicyclic) bond motifs is 5. The third-order valence-electron chi connectivity index (χ3n) is 13.8. The fourth-order valence-electron chi connectivity index (χ4n) is 10.4. The number of hydrogen-bond acceptors (Lipinski definition) is 14. The van der Waals surface area contributed by atoms with E-state index in [2.05, 4.69) is 5.32 Å². The maximum absolute atomic E-state index is 16.1. The Morgan fingerprint density at radius 3 is 2.09 bits per heavy atom. The molecule has 3 fully saturated rings. The molecule has 0 aromatic heterocycles. The van der Waals surface area contributed by atoms with Crippen LogP contribution in [0.1, 0.15) is 117 Å². The van der Waals surface area contributed by atoms with Crippen LogP contribution in [0, 0.1) is 16.7 Å². The smallest absolute Gasteiger partial charge is 0.408 e. The van der Waals surface area contributed by atoms with E-state index in [1.165, 1.54) is 14.4 Å². The SMILES string of the molecule is CCC[B]OC1C[C@H]2OC[C@@]2(OC(C)=O)[C@H]2[C@H](OC(=O)c3ccccc3)[C@]3(O)CC(OC(=O)[C@H](O)[C@@H](NC(=O)OC(C)(C)C)c4ccccc4)C(C)=C([C@@H](O[B]CCC)C(=O)[C@]12C)C3(C)C. The molecule has 2 radical (unpaired) electrons. The summed E-state index contributed by atoms with van der Waals surface area (Å²) in [4.78, 5) is 71.5. The third kappa shape index (κ3) is 9.60. The molecule has 15 nitrogen and oxygen atoms in total. The fraction of sp³-hybridized carbons (Fsp3) is 0.612. The molecule has 2 aromatic rings. The first-order valence-corrected chi connectivity index (χ1v) is 23.0. The molecular weight excluding hydrogens is 848 g/mol. The highest BCUT2D eigenvalue weighted by Gasteiger charge is 2.78. The Kier molecular flexibility index (Phi) is 15.4. The summed E-state index contributed by atoms with van der Waals surface area (Å²) in [5.74, 6) is -4.54. The van der Waals surface area contributed by atoms with Gasteiger partial charge in [0.25, 0.3) is 15.0 Å². The number of alkyl carbamates (subject to hydrolysis) is 1. The first kappa shape index (κ1) is 50.9. The maximum atomic E-state index is 16.1. The van der Waals surface area contributed by atoms with Gasteiger partial charge >= 0.3 is 24.0 Å². The van der Waals surface area contributed by atoms with Crippen molar-refractivity contribution in [3.8, 4) is 0 Å². The Balaban J connectivity index is 1.56. The number of esters is 3. The molecule has 17 heteroatoms. The lowest BCUT2D eigenvalue weighted by atomic mass is 9.44. The van der Waals surface area contributed by atoms with Crippen LogP contribution in [0.3, 0.4) is 0 Å². The molecule has 2 aromatic carbocycles. The van der Waals surface area contributed by atoms with E-state index < -0.39 is 112 Å². The predicted molar refractivity (Wildman–Crippen MR) is 243 cm³/mol. The zero-order valence-electron chi connectivity index (χ0n) is 39.8. The average Bonchev–Trinajstić information content (AvgIpc) is 3.25. The molecule has 6 rings (SSSR count). The number of ether oxygens (including phenoxy) is 5. The van der Waals surface area contributed by atoms with Crippen LogP contribution in [-0.4, -0.2) is 115 Å². The van der Waals surface area contributed by atoms with Gasteiger partial charge in [-0.05, 0) is 63.5 Å². The topological polar surface area (TPSA) is 202 Å². The number of aliphatic hydroxyl groups excluding tert-OH is 1. The molecule has 2 bridgehead atoms. The van der Waals surface area contributed by atoms with Gasteiger partial charge in [0, 0.05) is 25.2 Å². The van der Waals surface area contributed by atoms with E-state index in [9.17, 15) is 29.4 Å². The monoisotopic (exact) mass is 913 g/mol. The number of hydrogen-bond donors (Lipinski definition) is 3. The molecule has 2 unspecified atom stereocenters. The second-order valence-electron chi connectivity index (χ2n) is 19.7. The summed E-state index contributed by atoms with van der Waals surface area (Å²) >= 11 is 0. The number of amides is 1. The van der Waals surface area contributed by atoms with Crippen molar-refractivity contribution in [3.63, 3.8) is 0 Å². The van der Waals surface area contributed by atoms with Gasteiger partial charge in [0.2, 0.25) is 0 Å². The number of rotatable bonds is 16. The van der Waals surface area contributed by atoms with Crippen LogP contribution in [0.15, 0.2) is 71.8 Å². The molecule has 0 spiro atoms. The number of benzene rings is 2. The number of ketones is 1.